The maximum Gasteiger partial charge on any atom is 0.0693 e. The van der Waals surface area contributed by atoms with Gasteiger partial charge in [-0.1, -0.05) is 64.5 Å². The molecule has 0 spiro atoms. The van der Waals surface area contributed by atoms with E-state index in [4.69, 9.17) is 0 Å². The van der Waals surface area contributed by atoms with Crippen LogP contribution >= 0.6 is 15.9 Å². The normalized spacial score (nSPS) is 17.7. The average Bonchev–Trinajstić information content (AvgIpc) is 2.55. The van der Waals surface area contributed by atoms with E-state index in [1.807, 2.05) is 12.1 Å². The van der Waals surface area contributed by atoms with Crippen LogP contribution in [0.1, 0.15) is 6.42 Å². The number of fused-ring (bicyclic) bond motifs is 2. The largest absolute Gasteiger partial charge is 0.392 e. The molecule has 2 aliphatic rings. The monoisotopic (exact) mass is 300 g/mol. The lowest BCUT2D eigenvalue weighted by Gasteiger charge is -2.16. The summed E-state index contributed by atoms with van der Waals surface area (Å²) in [5.74, 6) is 0. The van der Waals surface area contributed by atoms with Crippen molar-refractivity contribution in [2.75, 3.05) is 6.61 Å². The lowest BCUT2D eigenvalue weighted by atomic mass is 9.91. The van der Waals surface area contributed by atoms with Crippen LogP contribution in [0.3, 0.4) is 0 Å². The highest BCUT2D eigenvalue weighted by molar-refractivity contribution is 9.11. The number of rotatable bonds is 1. The first kappa shape index (κ1) is 11.7. The zero-order valence-corrected chi connectivity index (χ0v) is 11.4. The first-order chi connectivity index (χ1) is 8.79. The van der Waals surface area contributed by atoms with Crippen LogP contribution in [-0.2, 0) is 0 Å². The van der Waals surface area contributed by atoms with Crippen molar-refractivity contribution in [2.45, 2.75) is 6.42 Å². The van der Waals surface area contributed by atoms with Crippen molar-refractivity contribution >= 4 is 27.6 Å². The zero-order chi connectivity index (χ0) is 12.5. The van der Waals surface area contributed by atoms with Gasteiger partial charge in [0, 0.05) is 6.42 Å². The maximum absolute atomic E-state index is 9.72. The predicted molar refractivity (Wildman–Crippen MR) is 78.4 cm³/mol. The molecule has 1 N–H and O–H groups in total. The lowest BCUT2D eigenvalue weighted by molar-refractivity contribution is 0.349. The fourth-order valence-electron chi connectivity index (χ4n) is 2.48. The Balaban J connectivity index is 2.37. The van der Waals surface area contributed by atoms with Crippen molar-refractivity contribution in [3.8, 4) is 0 Å². The minimum absolute atomic E-state index is 0.0689. The van der Waals surface area contributed by atoms with E-state index in [-0.39, 0.29) is 6.61 Å². The Morgan fingerprint density at radius 1 is 1.06 bits per heavy atom. The number of hydrogen-bond donors (Lipinski definition) is 1. The van der Waals surface area contributed by atoms with Gasteiger partial charge in [-0.2, -0.15) is 0 Å². The topological polar surface area (TPSA) is 20.2 Å². The van der Waals surface area contributed by atoms with Gasteiger partial charge in [0.1, 0.15) is 0 Å². The lowest BCUT2D eigenvalue weighted by Crippen LogP contribution is -2.27. The second kappa shape index (κ2) is 4.71. The summed E-state index contributed by atoms with van der Waals surface area (Å²) in [6.07, 6.45) is 9.32. The van der Waals surface area contributed by atoms with Gasteiger partial charge in [0.25, 0.3) is 0 Å². The highest BCUT2D eigenvalue weighted by atomic mass is 79.9. The quantitative estimate of drug-likeness (QED) is 0.843. The molecule has 0 radical (unpaired) electrons. The van der Waals surface area contributed by atoms with E-state index >= 15 is 0 Å². The summed E-state index contributed by atoms with van der Waals surface area (Å²) in [5.41, 5.74) is 3.42. The van der Waals surface area contributed by atoms with Gasteiger partial charge in [-0.3, -0.25) is 0 Å². The Morgan fingerprint density at radius 2 is 1.89 bits per heavy atom. The molecule has 3 rings (SSSR count). The van der Waals surface area contributed by atoms with Crippen LogP contribution in [0, 0.1) is 0 Å². The van der Waals surface area contributed by atoms with E-state index in [0.717, 1.165) is 22.8 Å². The second-order valence-corrected chi connectivity index (χ2v) is 5.47. The molecule has 0 amide bonds. The molecule has 18 heavy (non-hydrogen) atoms. The summed E-state index contributed by atoms with van der Waals surface area (Å²) in [4.78, 5) is 0. The summed E-state index contributed by atoms with van der Waals surface area (Å²) in [7, 11) is 0. The van der Waals surface area contributed by atoms with Crippen LogP contribution < -0.4 is 10.4 Å². The highest BCUT2D eigenvalue weighted by Gasteiger charge is 2.16. The van der Waals surface area contributed by atoms with Crippen molar-refractivity contribution in [3.63, 3.8) is 0 Å². The van der Waals surface area contributed by atoms with Crippen molar-refractivity contribution in [2.24, 2.45) is 0 Å². The van der Waals surface area contributed by atoms with Crippen molar-refractivity contribution in [3.05, 3.63) is 68.6 Å². The zero-order valence-electron chi connectivity index (χ0n) is 9.86. The van der Waals surface area contributed by atoms with Crippen molar-refractivity contribution < 1.29 is 5.11 Å². The van der Waals surface area contributed by atoms with E-state index in [1.54, 1.807) is 0 Å². The van der Waals surface area contributed by atoms with Gasteiger partial charge in [-0.05, 0) is 31.6 Å². The predicted octanol–water partition coefficient (Wildman–Crippen LogP) is 2.16. The van der Waals surface area contributed by atoms with E-state index in [1.165, 1.54) is 15.3 Å². The number of benzene rings is 1. The summed E-state index contributed by atoms with van der Waals surface area (Å²) < 4.78 is 1.18. The Morgan fingerprint density at radius 3 is 2.72 bits per heavy atom. The third-order valence-corrected chi connectivity index (χ3v) is 3.91. The third-order valence-electron chi connectivity index (χ3n) is 3.37. The molecule has 0 aliphatic heterocycles. The SMILES string of the molecule is OCC1=c2ccccc2=CC=C2CC(Br)=CC=C21. The van der Waals surface area contributed by atoms with Crippen molar-refractivity contribution in [1.29, 1.82) is 0 Å². The molecule has 90 valence electrons. The van der Waals surface area contributed by atoms with Gasteiger partial charge in [0.05, 0.1) is 6.61 Å². The van der Waals surface area contributed by atoms with Gasteiger partial charge in [0.2, 0.25) is 0 Å². The molecule has 2 aliphatic carbocycles. The summed E-state index contributed by atoms with van der Waals surface area (Å²) in [6.45, 7) is 0.0689. The number of aliphatic hydroxyl groups excluding tert-OH is 1. The molecule has 1 nitrogen and oxygen atoms in total. The van der Waals surface area contributed by atoms with Crippen LogP contribution in [-0.4, -0.2) is 11.7 Å². The van der Waals surface area contributed by atoms with Gasteiger partial charge < -0.3 is 5.11 Å². The van der Waals surface area contributed by atoms with Crippen LogP contribution in [0.4, 0.5) is 0 Å². The Hall–Kier alpha value is -1.38. The smallest absolute Gasteiger partial charge is 0.0693 e. The van der Waals surface area contributed by atoms with Gasteiger partial charge in [-0.25, -0.2) is 0 Å². The third kappa shape index (κ3) is 1.92. The van der Waals surface area contributed by atoms with Crippen LogP contribution in [0.25, 0.3) is 11.6 Å². The number of aliphatic hydroxyl groups is 1. The minimum atomic E-state index is 0.0689. The molecule has 0 heterocycles. The van der Waals surface area contributed by atoms with Crippen molar-refractivity contribution in [1.82, 2.24) is 0 Å². The highest BCUT2D eigenvalue weighted by Crippen LogP contribution is 2.32. The van der Waals surface area contributed by atoms with Gasteiger partial charge in [-0.15, -0.1) is 0 Å². The summed E-state index contributed by atoms with van der Waals surface area (Å²) in [6, 6.07) is 8.20. The molecule has 0 atom stereocenters. The van der Waals surface area contributed by atoms with Gasteiger partial charge in [0.15, 0.2) is 0 Å². The molecular formula is C16H13BrO. The standard InChI is InChI=1S/C16H13BrO/c17-13-7-8-15-12(9-13)6-5-11-3-1-2-4-14(11)16(15)10-18/h1-8,18H,9-10H2. The molecule has 0 fully saturated rings. The molecule has 0 saturated heterocycles. The number of halogens is 1. The van der Waals surface area contributed by atoms with E-state index in [2.05, 4.69) is 52.4 Å². The van der Waals surface area contributed by atoms with Crippen LogP contribution in [0.5, 0.6) is 0 Å². The Bertz CT molecular complexity index is 705. The molecule has 0 saturated carbocycles. The van der Waals surface area contributed by atoms with Crippen LogP contribution in [0.15, 0.2) is 58.1 Å². The fourth-order valence-corrected chi connectivity index (χ4v) is 2.92. The average molecular weight is 301 g/mol. The van der Waals surface area contributed by atoms with Crippen LogP contribution in [0.2, 0.25) is 0 Å². The first-order valence-corrected chi connectivity index (χ1v) is 6.76. The maximum atomic E-state index is 9.72. The Labute approximate surface area is 114 Å². The molecule has 1 aromatic rings. The Kier molecular flexibility index (Phi) is 3.06. The molecule has 1 aromatic carbocycles. The second-order valence-electron chi connectivity index (χ2n) is 4.45. The molecular weight excluding hydrogens is 288 g/mol. The fraction of sp³-hybridized carbons (Fsp3) is 0.125. The first-order valence-electron chi connectivity index (χ1n) is 5.96. The van der Waals surface area contributed by atoms with E-state index < -0.39 is 0 Å². The van der Waals surface area contributed by atoms with E-state index in [0.29, 0.717) is 0 Å². The number of hydrogen-bond acceptors (Lipinski definition) is 1. The molecule has 0 unspecified atom stereocenters. The number of allylic oxidation sites excluding steroid dienone is 5. The minimum Gasteiger partial charge on any atom is -0.392 e. The van der Waals surface area contributed by atoms with Gasteiger partial charge >= 0.3 is 0 Å². The summed E-state index contributed by atoms with van der Waals surface area (Å²) in [5, 5.41) is 12.0. The van der Waals surface area contributed by atoms with E-state index in [9.17, 15) is 5.11 Å². The molecule has 2 heteroatoms. The summed E-state index contributed by atoms with van der Waals surface area (Å²) >= 11 is 3.54. The molecule has 0 bridgehead atoms. The molecule has 0 aromatic heterocycles.